The summed E-state index contributed by atoms with van der Waals surface area (Å²) in [7, 11) is 0. The quantitative estimate of drug-likeness (QED) is 0.00610. The number of pyridine rings is 1. The van der Waals surface area contributed by atoms with Gasteiger partial charge >= 0.3 is 0 Å². The first-order valence-corrected chi connectivity index (χ1v) is 34.8. The second kappa shape index (κ2) is 31.3. The van der Waals surface area contributed by atoms with Gasteiger partial charge in [0.2, 0.25) is 6.41 Å². The van der Waals surface area contributed by atoms with Gasteiger partial charge in [-0.05, 0) is 112 Å². The first kappa shape index (κ1) is 64.4. The summed E-state index contributed by atoms with van der Waals surface area (Å²) >= 11 is 0. The summed E-state index contributed by atoms with van der Waals surface area (Å²) in [5, 5.41) is 21.9. The van der Waals surface area contributed by atoms with E-state index in [4.69, 9.17) is 15.7 Å². The number of aryl methyl sites for hydroxylation is 1. The number of aromatic nitrogens is 4. The van der Waals surface area contributed by atoms with Crippen LogP contribution in [0.5, 0.6) is 0 Å². The third-order valence-electron chi connectivity index (χ3n) is 19.4. The van der Waals surface area contributed by atoms with Gasteiger partial charge in [-0.1, -0.05) is 261 Å². The fraction of sp³-hybridized carbons (Fsp3) is 0.494. The van der Waals surface area contributed by atoms with Gasteiger partial charge in [-0.15, -0.1) is 0 Å². The van der Waals surface area contributed by atoms with Crippen molar-refractivity contribution in [1.82, 2.24) is 18.9 Å². The van der Waals surface area contributed by atoms with E-state index in [0.29, 0.717) is 50.6 Å². The maximum atomic E-state index is 15.2. The zero-order valence-corrected chi connectivity index (χ0v) is 54.2. The van der Waals surface area contributed by atoms with Crippen LogP contribution in [0.3, 0.4) is 0 Å². The van der Waals surface area contributed by atoms with Crippen LogP contribution in [0.1, 0.15) is 250 Å². The van der Waals surface area contributed by atoms with Gasteiger partial charge in [0.25, 0.3) is 11.2 Å². The second-order valence-electron chi connectivity index (χ2n) is 26.0. The largest absolute Gasteiger partial charge is 0.397 e. The maximum Gasteiger partial charge on any atom is 0.298 e. The van der Waals surface area contributed by atoms with Gasteiger partial charge < -0.3 is 5.73 Å². The number of nitro benzene ring substituents is 1. The third kappa shape index (κ3) is 14.5. The number of hydrogen-bond donors (Lipinski definition) is 1. The van der Waals surface area contributed by atoms with Crippen LogP contribution in [0, 0.1) is 52.6 Å². The lowest BCUT2D eigenvalue weighted by Crippen LogP contribution is -2.13. The summed E-state index contributed by atoms with van der Waals surface area (Å²) in [6.07, 6.45) is 40.3. The van der Waals surface area contributed by atoms with Crippen molar-refractivity contribution in [3.8, 4) is 35.1 Å². The van der Waals surface area contributed by atoms with Gasteiger partial charge in [0.1, 0.15) is 17.0 Å². The molecule has 10 nitrogen and oxygen atoms in total. The minimum atomic E-state index is -0.390. The summed E-state index contributed by atoms with van der Waals surface area (Å²) < 4.78 is 3.20. The summed E-state index contributed by atoms with van der Waals surface area (Å²) in [5.41, 5.74) is 12.2. The molecule has 2 N–H and O–H groups in total. The Morgan fingerprint density at radius 1 is 0.506 bits per heavy atom. The zero-order valence-electron chi connectivity index (χ0n) is 54.2. The number of carbonyl (C=O) groups excluding carboxylic acids is 1. The Morgan fingerprint density at radius 3 is 1.42 bits per heavy atom. The predicted molar refractivity (Wildman–Crippen MR) is 377 cm³/mol. The number of nitro groups is 1. The maximum absolute atomic E-state index is 15.2. The number of nitrogens with zero attached hydrogens (tertiary/aromatic N) is 5. The van der Waals surface area contributed by atoms with Crippen molar-refractivity contribution in [2.24, 2.45) is 11.8 Å². The molecule has 2 atom stereocenters. The van der Waals surface area contributed by atoms with Crippen LogP contribution in [-0.4, -0.2) is 30.3 Å². The molecule has 89 heavy (non-hydrogen) atoms. The van der Waals surface area contributed by atoms with E-state index in [0.717, 1.165) is 110 Å². The highest BCUT2D eigenvalue weighted by molar-refractivity contribution is 6.38. The van der Waals surface area contributed by atoms with E-state index >= 15 is 4.79 Å². The van der Waals surface area contributed by atoms with Crippen molar-refractivity contribution < 1.29 is 9.72 Å². The second-order valence-corrected chi connectivity index (χ2v) is 26.0. The molecule has 3 aromatic heterocycles. The van der Waals surface area contributed by atoms with Crippen molar-refractivity contribution in [2.75, 3.05) is 5.73 Å². The Labute approximate surface area is 528 Å². The smallest absolute Gasteiger partial charge is 0.298 e. The average Bonchev–Trinajstić information content (AvgIpc) is 1.66. The molecule has 3 heterocycles. The van der Waals surface area contributed by atoms with Crippen LogP contribution in [0.25, 0.3) is 93.0 Å². The highest BCUT2D eigenvalue weighted by atomic mass is 16.6. The molecule has 10 aromatic rings. The van der Waals surface area contributed by atoms with Gasteiger partial charge in [0.05, 0.1) is 21.6 Å². The van der Waals surface area contributed by atoms with E-state index in [2.05, 4.69) is 88.6 Å². The molecule has 0 amide bonds. The average molecular weight is 1190 g/mol. The minimum Gasteiger partial charge on any atom is -0.397 e. The van der Waals surface area contributed by atoms with E-state index in [1.807, 2.05) is 36.4 Å². The SMILES string of the molecule is CCCCCCCCCCC(C#Cc1cc(N)c2nc(-c3ccc4c5ccc6c(=O)n7c8cc(C#CC(CCCCCCCC)CCCCCCCCCC)cc([N+](=O)[O-])c8nc7c7ccc(c8ccc(C)c3c48)c5c67)n(C=O)c2c1)CCCCCCCC. The molecule has 466 valence electrons. The normalized spacial score (nSPS) is 12.6. The van der Waals surface area contributed by atoms with E-state index in [9.17, 15) is 14.9 Å². The third-order valence-corrected chi connectivity index (χ3v) is 19.4. The summed E-state index contributed by atoms with van der Waals surface area (Å²) in [6.45, 7) is 11.1. The first-order valence-electron chi connectivity index (χ1n) is 34.8. The van der Waals surface area contributed by atoms with Crippen molar-refractivity contribution >= 4 is 99.4 Å². The molecule has 2 unspecified atom stereocenters. The molecule has 0 aliphatic rings. The number of benzene rings is 7. The topological polar surface area (TPSA) is 138 Å². The number of rotatable bonds is 35. The Kier molecular flexibility index (Phi) is 22.6. The molecule has 0 spiro atoms. The number of fused-ring (bicyclic) bond motifs is 7. The number of hydrogen-bond acceptors (Lipinski definition) is 7. The molecule has 0 saturated carbocycles. The number of non-ortho nitro benzene ring substituents is 1. The number of nitrogens with two attached hydrogens (primary N) is 1. The van der Waals surface area contributed by atoms with Gasteiger partial charge in [-0.25, -0.2) is 9.97 Å². The highest BCUT2D eigenvalue weighted by Crippen LogP contribution is 2.47. The van der Waals surface area contributed by atoms with Crippen molar-refractivity contribution in [3.05, 3.63) is 110 Å². The van der Waals surface area contributed by atoms with E-state index in [1.165, 1.54) is 167 Å². The van der Waals surface area contributed by atoms with Crippen LogP contribution in [0.4, 0.5) is 11.4 Å². The summed E-state index contributed by atoms with van der Waals surface area (Å²) in [5.74, 6) is 15.2. The van der Waals surface area contributed by atoms with Crippen molar-refractivity contribution in [3.63, 3.8) is 0 Å². The monoisotopic (exact) mass is 1190 g/mol. The van der Waals surface area contributed by atoms with Crippen LogP contribution in [0.2, 0.25) is 0 Å². The summed E-state index contributed by atoms with van der Waals surface area (Å²) in [6, 6.07) is 23.8. The van der Waals surface area contributed by atoms with E-state index in [-0.39, 0.29) is 27.6 Å². The fourth-order valence-electron chi connectivity index (χ4n) is 14.4. The van der Waals surface area contributed by atoms with Crippen molar-refractivity contribution in [1.29, 1.82) is 0 Å². The molecule has 0 radical (unpaired) electrons. The number of imidazole rings is 2. The molecular weight excluding hydrogens is 1100 g/mol. The Bertz CT molecular complexity index is 4240. The lowest BCUT2D eigenvalue weighted by atomic mass is 9.85. The molecule has 0 saturated heterocycles. The van der Waals surface area contributed by atoms with Crippen LogP contribution in [-0.2, 0) is 4.79 Å². The standard InChI is InChI=1S/C79H96N6O4/c1-6-10-14-18-22-24-28-32-36-56(34-30-26-20-16-12-8-3)39-41-58-50-67(80)75-68(51-58)83(54-86)77(81-75)64-47-44-61-63-46-49-66-74-65(48-45-62(73(63)74)60-43-38-55(5)71(64)72(60)61)78-82-76-69(84(78)79(66)87)52-59(53-70(76)85(88)89)42-40-57(35-31-27-21-17-13-9-4)37-33-29-25-23-19-15-11-7-2/h38,43-54,56-57H,6-37,80H2,1-5H3. The number of anilines is 1. The fourth-order valence-corrected chi connectivity index (χ4v) is 14.4. The minimum absolute atomic E-state index is 0.158. The number of nitrogen functional groups attached to an aromatic ring is 1. The van der Waals surface area contributed by atoms with E-state index < -0.39 is 0 Å². The van der Waals surface area contributed by atoms with Gasteiger partial charge in [0.15, 0.2) is 5.52 Å². The Morgan fingerprint density at radius 2 is 0.921 bits per heavy atom. The Balaban J connectivity index is 0.994. The lowest BCUT2D eigenvalue weighted by molar-refractivity contribution is -0.383. The van der Waals surface area contributed by atoms with E-state index in [1.54, 1.807) is 15.0 Å². The molecule has 10 rings (SSSR count). The number of unbranched alkanes of at least 4 members (excludes halogenated alkanes) is 24. The molecule has 0 aliphatic carbocycles. The van der Waals surface area contributed by atoms with Crippen LogP contribution < -0.4 is 11.3 Å². The molecule has 7 aromatic carbocycles. The zero-order chi connectivity index (χ0) is 62.2. The highest BCUT2D eigenvalue weighted by Gasteiger charge is 2.27. The molecule has 0 bridgehead atoms. The van der Waals surface area contributed by atoms with Crippen LogP contribution >= 0.6 is 0 Å². The van der Waals surface area contributed by atoms with Gasteiger partial charge in [0, 0.05) is 50.8 Å². The molecule has 0 fully saturated rings. The van der Waals surface area contributed by atoms with Gasteiger partial charge in [-0.3, -0.25) is 28.7 Å². The first-order chi connectivity index (χ1) is 43.6. The summed E-state index contributed by atoms with van der Waals surface area (Å²) in [4.78, 5) is 51.4. The van der Waals surface area contributed by atoms with Gasteiger partial charge in [-0.2, -0.15) is 0 Å². The molecular formula is C79H96N6O4. The molecule has 0 aliphatic heterocycles. The molecule has 10 heteroatoms. The van der Waals surface area contributed by atoms with Crippen molar-refractivity contribution in [2.45, 2.75) is 240 Å². The predicted octanol–water partition coefficient (Wildman–Crippen LogP) is 21.8. The number of carbonyl (C=O) groups is 1. The van der Waals surface area contributed by atoms with Crippen LogP contribution in [0.15, 0.2) is 77.6 Å². The lowest BCUT2D eigenvalue weighted by Gasteiger charge is -2.19. The Hall–Kier alpha value is -7.56.